The first-order valence-corrected chi connectivity index (χ1v) is 6.85. The number of halogens is 1. The minimum atomic E-state index is -0.535. The van der Waals surface area contributed by atoms with Crippen LogP contribution in [0.15, 0.2) is 35.1 Å². The summed E-state index contributed by atoms with van der Waals surface area (Å²) in [6.07, 6.45) is 3.71. The highest BCUT2D eigenvalue weighted by Crippen LogP contribution is 2.26. The average Bonchev–Trinajstić information content (AvgIpc) is 2.79. The number of hydrogen-bond donors (Lipinski definition) is 1. The highest BCUT2D eigenvalue weighted by molar-refractivity contribution is 9.10. The van der Waals surface area contributed by atoms with Gasteiger partial charge in [0.05, 0.1) is 6.10 Å². The Morgan fingerprint density at radius 1 is 1.44 bits per heavy atom. The largest absolute Gasteiger partial charge is 0.388 e. The molecular weight excluding hydrogens is 292 g/mol. The van der Waals surface area contributed by atoms with Crippen LogP contribution >= 0.6 is 15.9 Å². The molecule has 18 heavy (non-hydrogen) atoms. The molecule has 1 heterocycles. The number of aromatic nitrogens is 2. The highest BCUT2D eigenvalue weighted by Gasteiger charge is 2.14. The molecule has 3 nitrogen and oxygen atoms in total. The van der Waals surface area contributed by atoms with Gasteiger partial charge in [0.25, 0.3) is 0 Å². The van der Waals surface area contributed by atoms with Crippen molar-refractivity contribution in [2.24, 2.45) is 0 Å². The molecule has 1 aromatic heterocycles. The highest BCUT2D eigenvalue weighted by atomic mass is 79.9. The lowest BCUT2D eigenvalue weighted by atomic mass is 10.0. The van der Waals surface area contributed by atoms with Crippen LogP contribution in [0.5, 0.6) is 0 Å². The summed E-state index contributed by atoms with van der Waals surface area (Å²) < 4.78 is 2.99. The van der Waals surface area contributed by atoms with Gasteiger partial charge in [-0.05, 0) is 25.5 Å². The Bertz CT molecular complexity index is 536. The number of rotatable bonds is 4. The SMILES string of the molecule is CCn1ccnc1CC(O)c1cc(C)ccc1Br. The molecule has 1 unspecified atom stereocenters. The summed E-state index contributed by atoms with van der Waals surface area (Å²) in [5.41, 5.74) is 2.06. The van der Waals surface area contributed by atoms with Crippen LogP contribution in [0.4, 0.5) is 0 Å². The zero-order valence-electron chi connectivity index (χ0n) is 10.6. The molecular formula is C14H17BrN2O. The molecule has 0 amide bonds. The van der Waals surface area contributed by atoms with Gasteiger partial charge in [-0.3, -0.25) is 0 Å². The number of benzene rings is 1. The number of aliphatic hydroxyl groups is 1. The first kappa shape index (κ1) is 13.3. The van der Waals surface area contributed by atoms with Crippen molar-refractivity contribution in [3.8, 4) is 0 Å². The number of nitrogens with zero attached hydrogens (tertiary/aromatic N) is 2. The lowest BCUT2D eigenvalue weighted by Gasteiger charge is -2.14. The van der Waals surface area contributed by atoms with Crippen LogP contribution in [0.3, 0.4) is 0 Å². The second kappa shape index (κ2) is 5.67. The molecule has 0 fully saturated rings. The van der Waals surface area contributed by atoms with E-state index in [1.54, 1.807) is 6.20 Å². The number of hydrogen-bond acceptors (Lipinski definition) is 2. The molecule has 0 saturated carbocycles. The van der Waals surface area contributed by atoms with Gasteiger partial charge in [-0.2, -0.15) is 0 Å². The van der Waals surface area contributed by atoms with Crippen molar-refractivity contribution in [1.82, 2.24) is 9.55 Å². The second-order valence-electron chi connectivity index (χ2n) is 4.37. The predicted octanol–water partition coefficient (Wildman–Crippen LogP) is 3.25. The van der Waals surface area contributed by atoms with E-state index in [0.717, 1.165) is 28.0 Å². The molecule has 1 N–H and O–H groups in total. The van der Waals surface area contributed by atoms with Crippen LogP contribution in [-0.2, 0) is 13.0 Å². The zero-order valence-corrected chi connectivity index (χ0v) is 12.2. The van der Waals surface area contributed by atoms with Gasteiger partial charge < -0.3 is 9.67 Å². The van der Waals surface area contributed by atoms with Crippen LogP contribution in [0.1, 0.15) is 30.0 Å². The quantitative estimate of drug-likeness (QED) is 0.941. The summed E-state index contributed by atoms with van der Waals surface area (Å²) in [7, 11) is 0. The first-order chi connectivity index (χ1) is 8.61. The Balaban J connectivity index is 2.21. The van der Waals surface area contributed by atoms with E-state index in [4.69, 9.17) is 0 Å². The summed E-state index contributed by atoms with van der Waals surface area (Å²) in [6.45, 7) is 4.97. The fraction of sp³-hybridized carbons (Fsp3) is 0.357. The monoisotopic (exact) mass is 308 g/mol. The van der Waals surface area contributed by atoms with Crippen molar-refractivity contribution in [1.29, 1.82) is 0 Å². The molecule has 0 spiro atoms. The third-order valence-electron chi connectivity index (χ3n) is 3.03. The van der Waals surface area contributed by atoms with Crippen LogP contribution in [-0.4, -0.2) is 14.7 Å². The Kier molecular flexibility index (Phi) is 4.19. The maximum Gasteiger partial charge on any atom is 0.111 e. The van der Waals surface area contributed by atoms with Gasteiger partial charge in [-0.25, -0.2) is 4.98 Å². The first-order valence-electron chi connectivity index (χ1n) is 6.06. The standard InChI is InChI=1S/C14H17BrN2O/c1-3-17-7-6-16-14(17)9-13(18)11-8-10(2)4-5-12(11)15/h4-8,13,18H,3,9H2,1-2H3. The topological polar surface area (TPSA) is 38.0 Å². The molecule has 0 aliphatic rings. The van der Waals surface area contributed by atoms with Gasteiger partial charge in [0.2, 0.25) is 0 Å². The smallest absolute Gasteiger partial charge is 0.111 e. The summed E-state index contributed by atoms with van der Waals surface area (Å²) in [6, 6.07) is 6.00. The van der Waals surface area contributed by atoms with Crippen molar-refractivity contribution in [2.45, 2.75) is 32.9 Å². The van der Waals surface area contributed by atoms with Gasteiger partial charge >= 0.3 is 0 Å². The Hall–Kier alpha value is -1.13. The van der Waals surface area contributed by atoms with Crippen molar-refractivity contribution in [2.75, 3.05) is 0 Å². The predicted molar refractivity (Wildman–Crippen MR) is 75.4 cm³/mol. The summed E-state index contributed by atoms with van der Waals surface area (Å²) in [4.78, 5) is 4.29. The normalized spacial score (nSPS) is 12.7. The third-order valence-corrected chi connectivity index (χ3v) is 3.75. The molecule has 0 radical (unpaired) electrons. The van der Waals surface area contributed by atoms with Crippen molar-refractivity contribution in [3.05, 3.63) is 52.0 Å². The van der Waals surface area contributed by atoms with Crippen LogP contribution in [0.2, 0.25) is 0 Å². The molecule has 1 atom stereocenters. The van der Waals surface area contributed by atoms with Gasteiger partial charge in [0.15, 0.2) is 0 Å². The second-order valence-corrected chi connectivity index (χ2v) is 5.23. The molecule has 0 saturated heterocycles. The molecule has 4 heteroatoms. The van der Waals surface area contributed by atoms with E-state index in [1.165, 1.54) is 0 Å². The van der Waals surface area contributed by atoms with Gasteiger partial charge in [-0.1, -0.05) is 33.6 Å². The van der Waals surface area contributed by atoms with Crippen LogP contribution in [0.25, 0.3) is 0 Å². The Morgan fingerprint density at radius 3 is 2.94 bits per heavy atom. The van der Waals surface area contributed by atoms with Crippen molar-refractivity contribution >= 4 is 15.9 Å². The lowest BCUT2D eigenvalue weighted by molar-refractivity contribution is 0.173. The van der Waals surface area contributed by atoms with E-state index in [-0.39, 0.29) is 0 Å². The lowest BCUT2D eigenvalue weighted by Crippen LogP contribution is -2.09. The van der Waals surface area contributed by atoms with E-state index >= 15 is 0 Å². The van der Waals surface area contributed by atoms with E-state index in [1.807, 2.05) is 35.9 Å². The number of imidazole rings is 1. The van der Waals surface area contributed by atoms with Crippen LogP contribution < -0.4 is 0 Å². The zero-order chi connectivity index (χ0) is 13.1. The van der Waals surface area contributed by atoms with Crippen molar-refractivity contribution in [3.63, 3.8) is 0 Å². The summed E-state index contributed by atoms with van der Waals surface area (Å²) in [5, 5.41) is 10.3. The Morgan fingerprint density at radius 2 is 2.22 bits per heavy atom. The number of aliphatic hydroxyl groups excluding tert-OH is 1. The molecule has 0 bridgehead atoms. The van der Waals surface area contributed by atoms with E-state index < -0.39 is 6.10 Å². The van der Waals surface area contributed by atoms with Crippen molar-refractivity contribution < 1.29 is 5.11 Å². The minimum Gasteiger partial charge on any atom is -0.388 e. The van der Waals surface area contributed by atoms with Crippen LogP contribution in [0, 0.1) is 6.92 Å². The van der Waals surface area contributed by atoms with E-state index in [2.05, 4.69) is 27.8 Å². The number of aryl methyl sites for hydroxylation is 2. The fourth-order valence-electron chi connectivity index (χ4n) is 2.02. The summed E-state index contributed by atoms with van der Waals surface area (Å²) in [5.74, 6) is 0.915. The van der Waals surface area contributed by atoms with Gasteiger partial charge in [-0.15, -0.1) is 0 Å². The molecule has 1 aromatic carbocycles. The molecule has 0 aliphatic heterocycles. The molecule has 0 aliphatic carbocycles. The minimum absolute atomic E-state index is 0.531. The molecule has 2 aromatic rings. The summed E-state index contributed by atoms with van der Waals surface area (Å²) >= 11 is 3.48. The molecule has 2 rings (SSSR count). The van der Waals surface area contributed by atoms with E-state index in [9.17, 15) is 5.11 Å². The molecule has 96 valence electrons. The average molecular weight is 309 g/mol. The maximum atomic E-state index is 10.3. The van der Waals surface area contributed by atoms with Gasteiger partial charge in [0.1, 0.15) is 5.82 Å². The van der Waals surface area contributed by atoms with E-state index in [0.29, 0.717) is 6.42 Å². The third kappa shape index (κ3) is 2.82. The maximum absolute atomic E-state index is 10.3. The Labute approximate surface area is 116 Å². The van der Waals surface area contributed by atoms with Gasteiger partial charge in [0, 0.05) is 29.8 Å². The fourth-order valence-corrected chi connectivity index (χ4v) is 2.53.